The van der Waals surface area contributed by atoms with Gasteiger partial charge < -0.3 is 14.7 Å². The lowest BCUT2D eigenvalue weighted by atomic mass is 10.1. The Morgan fingerprint density at radius 3 is 2.90 bits per heavy atom. The Bertz CT molecular complexity index is 754. The van der Waals surface area contributed by atoms with E-state index in [2.05, 4.69) is 10.3 Å². The summed E-state index contributed by atoms with van der Waals surface area (Å²) in [6, 6.07) is 9.69. The molecule has 0 unspecified atom stereocenters. The first kappa shape index (κ1) is 12.5. The smallest absolute Gasteiger partial charge is 0.254 e. The van der Waals surface area contributed by atoms with Crippen molar-refractivity contribution in [2.45, 2.75) is 20.4 Å². The van der Waals surface area contributed by atoms with Gasteiger partial charge in [-0.25, -0.2) is 0 Å². The van der Waals surface area contributed by atoms with E-state index in [0.717, 1.165) is 22.4 Å². The topological polar surface area (TPSA) is 58.0 Å². The first-order chi connectivity index (χ1) is 9.65. The van der Waals surface area contributed by atoms with E-state index in [9.17, 15) is 4.79 Å². The molecule has 0 atom stereocenters. The highest BCUT2D eigenvalue weighted by Crippen LogP contribution is 2.23. The number of carbonyl (C=O) groups excluding carboxylic acids is 1. The third kappa shape index (κ3) is 2.20. The van der Waals surface area contributed by atoms with Gasteiger partial charge in [0, 0.05) is 16.6 Å². The zero-order valence-electron chi connectivity index (χ0n) is 11.5. The fourth-order valence-electron chi connectivity index (χ4n) is 2.41. The van der Waals surface area contributed by atoms with Gasteiger partial charge in [-0.05, 0) is 37.6 Å². The maximum Gasteiger partial charge on any atom is 0.254 e. The molecule has 1 aromatic carbocycles. The average molecular weight is 268 g/mol. The van der Waals surface area contributed by atoms with Crippen molar-refractivity contribution in [2.24, 2.45) is 0 Å². The molecule has 0 saturated heterocycles. The number of benzene rings is 1. The minimum atomic E-state index is -0.0889. The van der Waals surface area contributed by atoms with E-state index in [0.29, 0.717) is 12.1 Å². The second kappa shape index (κ2) is 4.89. The van der Waals surface area contributed by atoms with Crippen LogP contribution in [0.5, 0.6) is 0 Å². The Morgan fingerprint density at radius 2 is 2.15 bits per heavy atom. The minimum Gasteiger partial charge on any atom is -0.467 e. The number of aromatic amines is 1. The van der Waals surface area contributed by atoms with Crippen molar-refractivity contribution in [2.75, 3.05) is 0 Å². The Hall–Kier alpha value is -2.49. The molecule has 0 aliphatic heterocycles. The first-order valence-corrected chi connectivity index (χ1v) is 6.54. The lowest BCUT2D eigenvalue weighted by Crippen LogP contribution is -2.23. The number of H-pyrrole nitrogens is 1. The van der Waals surface area contributed by atoms with E-state index in [1.807, 2.05) is 38.1 Å². The SMILES string of the molecule is Cc1ccc2c(C(=O)NCc3ccco3)c(C)[nH]c2c1. The zero-order valence-corrected chi connectivity index (χ0v) is 11.5. The summed E-state index contributed by atoms with van der Waals surface area (Å²) in [4.78, 5) is 15.6. The molecule has 0 radical (unpaired) electrons. The molecule has 4 heteroatoms. The highest BCUT2D eigenvalue weighted by atomic mass is 16.3. The van der Waals surface area contributed by atoms with Gasteiger partial charge in [0.05, 0.1) is 18.4 Å². The summed E-state index contributed by atoms with van der Waals surface area (Å²) in [6.45, 7) is 4.34. The van der Waals surface area contributed by atoms with Gasteiger partial charge in [0.25, 0.3) is 5.91 Å². The molecule has 3 rings (SSSR count). The highest BCUT2D eigenvalue weighted by Gasteiger charge is 2.15. The number of rotatable bonds is 3. The van der Waals surface area contributed by atoms with Gasteiger partial charge >= 0.3 is 0 Å². The molecular formula is C16H16N2O2. The summed E-state index contributed by atoms with van der Waals surface area (Å²) >= 11 is 0. The van der Waals surface area contributed by atoms with Crippen LogP contribution in [0.15, 0.2) is 41.0 Å². The second-order valence-electron chi connectivity index (χ2n) is 4.94. The molecule has 0 fully saturated rings. The van der Waals surface area contributed by atoms with Crippen LogP contribution in [0.4, 0.5) is 0 Å². The van der Waals surface area contributed by atoms with Crippen LogP contribution in [0.1, 0.15) is 27.4 Å². The van der Waals surface area contributed by atoms with Crippen LogP contribution in [-0.2, 0) is 6.54 Å². The fourth-order valence-corrected chi connectivity index (χ4v) is 2.41. The van der Waals surface area contributed by atoms with Gasteiger partial charge in [-0.1, -0.05) is 12.1 Å². The van der Waals surface area contributed by atoms with E-state index in [1.54, 1.807) is 12.3 Å². The number of furan rings is 1. The summed E-state index contributed by atoms with van der Waals surface area (Å²) in [5.74, 6) is 0.653. The molecule has 20 heavy (non-hydrogen) atoms. The van der Waals surface area contributed by atoms with Gasteiger partial charge in [-0.2, -0.15) is 0 Å². The maximum atomic E-state index is 12.3. The largest absolute Gasteiger partial charge is 0.467 e. The van der Waals surface area contributed by atoms with Crippen LogP contribution in [0.2, 0.25) is 0 Å². The normalized spacial score (nSPS) is 10.9. The number of hydrogen-bond donors (Lipinski definition) is 2. The molecule has 2 N–H and O–H groups in total. The molecule has 3 aromatic rings. The third-order valence-corrected chi connectivity index (χ3v) is 3.37. The zero-order chi connectivity index (χ0) is 14.1. The summed E-state index contributed by atoms with van der Waals surface area (Å²) in [6.07, 6.45) is 1.60. The molecule has 0 spiro atoms. The maximum absolute atomic E-state index is 12.3. The van der Waals surface area contributed by atoms with Crippen LogP contribution >= 0.6 is 0 Å². The lowest BCUT2D eigenvalue weighted by molar-refractivity contribution is 0.0949. The lowest BCUT2D eigenvalue weighted by Gasteiger charge is -2.03. The van der Waals surface area contributed by atoms with Gasteiger partial charge in [0.15, 0.2) is 0 Å². The van der Waals surface area contributed by atoms with Gasteiger partial charge in [0.2, 0.25) is 0 Å². The van der Waals surface area contributed by atoms with Crippen molar-refractivity contribution < 1.29 is 9.21 Å². The molecule has 2 aromatic heterocycles. The van der Waals surface area contributed by atoms with Gasteiger partial charge in [-0.3, -0.25) is 4.79 Å². The van der Waals surface area contributed by atoms with Crippen LogP contribution in [0.25, 0.3) is 10.9 Å². The minimum absolute atomic E-state index is 0.0889. The van der Waals surface area contributed by atoms with E-state index in [4.69, 9.17) is 4.42 Å². The van der Waals surface area contributed by atoms with Crippen molar-refractivity contribution >= 4 is 16.8 Å². The van der Waals surface area contributed by atoms with Crippen LogP contribution < -0.4 is 5.32 Å². The number of aromatic nitrogens is 1. The second-order valence-corrected chi connectivity index (χ2v) is 4.94. The molecule has 0 bridgehead atoms. The van der Waals surface area contributed by atoms with Crippen molar-refractivity contribution in [3.63, 3.8) is 0 Å². The predicted octanol–water partition coefficient (Wildman–Crippen LogP) is 3.31. The molecule has 102 valence electrons. The Balaban J connectivity index is 1.89. The van der Waals surface area contributed by atoms with Crippen molar-refractivity contribution in [3.8, 4) is 0 Å². The van der Waals surface area contributed by atoms with Crippen LogP contribution in [0.3, 0.4) is 0 Å². The number of nitrogens with one attached hydrogen (secondary N) is 2. The van der Waals surface area contributed by atoms with Crippen LogP contribution in [0, 0.1) is 13.8 Å². The Labute approximate surface area is 116 Å². The highest BCUT2D eigenvalue weighted by molar-refractivity contribution is 6.08. The summed E-state index contributed by atoms with van der Waals surface area (Å²) in [7, 11) is 0. The van der Waals surface area contributed by atoms with Gasteiger partial charge in [0.1, 0.15) is 5.76 Å². The van der Waals surface area contributed by atoms with E-state index in [-0.39, 0.29) is 5.91 Å². The van der Waals surface area contributed by atoms with Crippen molar-refractivity contribution in [1.82, 2.24) is 10.3 Å². The predicted molar refractivity (Wildman–Crippen MR) is 77.7 cm³/mol. The molecule has 4 nitrogen and oxygen atoms in total. The molecular weight excluding hydrogens is 252 g/mol. The number of fused-ring (bicyclic) bond motifs is 1. The number of carbonyl (C=O) groups is 1. The average Bonchev–Trinajstić information content (AvgIpc) is 3.02. The van der Waals surface area contributed by atoms with E-state index < -0.39 is 0 Å². The Kier molecular flexibility index (Phi) is 3.06. The molecule has 1 amide bonds. The summed E-state index contributed by atoms with van der Waals surface area (Å²) in [5.41, 5.74) is 3.74. The van der Waals surface area contributed by atoms with Crippen molar-refractivity contribution in [1.29, 1.82) is 0 Å². The Morgan fingerprint density at radius 1 is 1.30 bits per heavy atom. The molecule has 0 aliphatic rings. The van der Waals surface area contributed by atoms with Crippen molar-refractivity contribution in [3.05, 3.63) is 59.2 Å². The fraction of sp³-hybridized carbons (Fsp3) is 0.188. The monoisotopic (exact) mass is 268 g/mol. The summed E-state index contributed by atoms with van der Waals surface area (Å²) in [5, 5.41) is 3.83. The van der Waals surface area contributed by atoms with Gasteiger partial charge in [-0.15, -0.1) is 0 Å². The van der Waals surface area contributed by atoms with E-state index in [1.165, 1.54) is 5.56 Å². The number of amides is 1. The quantitative estimate of drug-likeness (QED) is 0.765. The summed E-state index contributed by atoms with van der Waals surface area (Å²) < 4.78 is 5.21. The first-order valence-electron chi connectivity index (χ1n) is 6.54. The number of hydrogen-bond acceptors (Lipinski definition) is 2. The molecule has 0 saturated carbocycles. The van der Waals surface area contributed by atoms with E-state index >= 15 is 0 Å². The standard InChI is InChI=1S/C16H16N2O2/c1-10-5-6-13-14(8-10)18-11(2)15(13)16(19)17-9-12-4-3-7-20-12/h3-8,18H,9H2,1-2H3,(H,17,19). The van der Waals surface area contributed by atoms with Crippen LogP contribution in [-0.4, -0.2) is 10.9 Å². The molecule has 2 heterocycles. The molecule has 0 aliphatic carbocycles. The number of aryl methyl sites for hydroxylation is 2. The third-order valence-electron chi connectivity index (χ3n) is 3.37.